The summed E-state index contributed by atoms with van der Waals surface area (Å²) in [5.41, 5.74) is 1.35. The highest BCUT2D eigenvalue weighted by Crippen LogP contribution is 2.31. The molecule has 14 heteroatoms. The molecule has 1 aliphatic rings. The number of halogens is 4. The summed E-state index contributed by atoms with van der Waals surface area (Å²) in [6, 6.07) is 10.8. The molecule has 2 aromatic carbocycles. The number of carboxylic acids is 1. The summed E-state index contributed by atoms with van der Waals surface area (Å²) < 4.78 is 42.4. The maximum atomic E-state index is 13.5. The van der Waals surface area contributed by atoms with E-state index in [0.717, 1.165) is 22.1 Å². The second-order valence-corrected chi connectivity index (χ2v) is 11.4. The molecule has 0 unspecified atom stereocenters. The summed E-state index contributed by atoms with van der Waals surface area (Å²) in [5, 5.41) is 14.1. The third-order valence-electron chi connectivity index (χ3n) is 7.33. The van der Waals surface area contributed by atoms with Gasteiger partial charge in [-0.1, -0.05) is 34.7 Å². The van der Waals surface area contributed by atoms with Crippen LogP contribution in [0.4, 0.5) is 23.7 Å². The topological polar surface area (TPSA) is 128 Å². The quantitative estimate of drug-likeness (QED) is 0.180. The lowest BCUT2D eigenvalue weighted by Crippen LogP contribution is -2.46. The molecule has 0 heterocycles. The van der Waals surface area contributed by atoms with E-state index in [4.69, 9.17) is 5.11 Å². The number of nitrogens with zero attached hydrogens (tertiary/aromatic N) is 2. The van der Waals surface area contributed by atoms with Crippen molar-refractivity contribution in [2.24, 2.45) is 5.92 Å². The average molecular weight is 733 g/mol. The highest BCUT2D eigenvalue weighted by molar-refractivity contribution is 14.1. The SMILES string of the molecule is CCN(CCI)C(=O)C1CCC(N(Cc2ccc(C(=O)NCCC(=O)O)cc2)C(=O)Nc2ccc(OC(F)(F)F)cc2)CC1. The van der Waals surface area contributed by atoms with Crippen LogP contribution in [-0.4, -0.2) is 75.2 Å². The van der Waals surface area contributed by atoms with E-state index in [1.165, 1.54) is 12.1 Å². The first kappa shape index (κ1) is 34.9. The van der Waals surface area contributed by atoms with E-state index < -0.39 is 30.0 Å². The molecule has 1 aliphatic carbocycles. The van der Waals surface area contributed by atoms with Crippen molar-refractivity contribution in [2.75, 3.05) is 29.4 Å². The lowest BCUT2D eigenvalue weighted by Gasteiger charge is -2.38. The van der Waals surface area contributed by atoms with Gasteiger partial charge in [-0.05, 0) is 74.6 Å². The van der Waals surface area contributed by atoms with Crippen molar-refractivity contribution >= 4 is 52.1 Å². The molecule has 3 rings (SSSR count). The number of ether oxygens (including phenoxy) is 1. The first-order valence-corrected chi connectivity index (χ1v) is 15.8. The Kier molecular flexibility index (Phi) is 13.1. The maximum Gasteiger partial charge on any atom is 0.573 e. The maximum absolute atomic E-state index is 13.5. The number of anilines is 1. The van der Waals surface area contributed by atoms with E-state index in [9.17, 15) is 32.3 Å². The van der Waals surface area contributed by atoms with Crippen LogP contribution in [0.3, 0.4) is 0 Å². The molecular weight excluding hydrogens is 696 g/mol. The zero-order chi connectivity index (χ0) is 32.3. The summed E-state index contributed by atoms with van der Waals surface area (Å²) in [4.78, 5) is 53.1. The molecule has 0 atom stereocenters. The molecule has 1 fully saturated rings. The Morgan fingerprint density at radius 3 is 2.18 bits per heavy atom. The van der Waals surface area contributed by atoms with Crippen LogP contribution < -0.4 is 15.4 Å². The Labute approximate surface area is 267 Å². The van der Waals surface area contributed by atoms with Crippen molar-refractivity contribution in [2.45, 2.75) is 58.0 Å². The molecule has 3 N–H and O–H groups in total. The van der Waals surface area contributed by atoms with Crippen LogP contribution in [0.1, 0.15) is 54.9 Å². The molecule has 240 valence electrons. The number of alkyl halides is 4. The minimum absolute atomic E-state index is 0.00750. The van der Waals surface area contributed by atoms with Crippen molar-refractivity contribution in [3.63, 3.8) is 0 Å². The van der Waals surface area contributed by atoms with Gasteiger partial charge >= 0.3 is 18.4 Å². The minimum atomic E-state index is -4.83. The van der Waals surface area contributed by atoms with Crippen molar-refractivity contribution in [3.05, 3.63) is 59.7 Å². The molecule has 4 amide bonds. The Hall–Kier alpha value is -3.56. The molecule has 0 spiro atoms. The van der Waals surface area contributed by atoms with Crippen molar-refractivity contribution < 1.29 is 42.2 Å². The van der Waals surface area contributed by atoms with Crippen LogP contribution in [0, 0.1) is 5.92 Å². The zero-order valence-electron chi connectivity index (χ0n) is 24.2. The van der Waals surface area contributed by atoms with Crippen LogP contribution >= 0.6 is 22.6 Å². The number of urea groups is 1. The van der Waals surface area contributed by atoms with Gasteiger partial charge in [-0.15, -0.1) is 13.2 Å². The minimum Gasteiger partial charge on any atom is -0.481 e. The Balaban J connectivity index is 1.73. The van der Waals surface area contributed by atoms with Gasteiger partial charge in [0.05, 0.1) is 6.42 Å². The Bertz CT molecular complexity index is 1270. The van der Waals surface area contributed by atoms with Crippen LogP contribution in [0.25, 0.3) is 0 Å². The fourth-order valence-corrected chi connectivity index (χ4v) is 5.65. The number of amides is 4. The molecule has 10 nitrogen and oxygen atoms in total. The summed E-state index contributed by atoms with van der Waals surface area (Å²) in [6.45, 7) is 3.45. The summed E-state index contributed by atoms with van der Waals surface area (Å²) in [7, 11) is 0. The molecule has 1 saturated carbocycles. The van der Waals surface area contributed by atoms with Gasteiger partial charge in [0.15, 0.2) is 0 Å². The highest BCUT2D eigenvalue weighted by atomic mass is 127. The van der Waals surface area contributed by atoms with E-state index >= 15 is 0 Å². The lowest BCUT2D eigenvalue weighted by atomic mass is 9.84. The summed E-state index contributed by atoms with van der Waals surface area (Å²) >= 11 is 2.24. The second-order valence-electron chi connectivity index (χ2n) is 10.3. The number of aliphatic carboxylic acids is 1. The first-order valence-electron chi connectivity index (χ1n) is 14.3. The molecular formula is C30H36F3IN4O6. The predicted octanol–water partition coefficient (Wildman–Crippen LogP) is 5.67. The zero-order valence-corrected chi connectivity index (χ0v) is 26.4. The monoisotopic (exact) mass is 732 g/mol. The van der Waals surface area contributed by atoms with Crippen molar-refractivity contribution in [1.29, 1.82) is 0 Å². The van der Waals surface area contributed by atoms with Gasteiger partial charge in [-0.3, -0.25) is 14.4 Å². The number of nitrogens with one attached hydrogen (secondary N) is 2. The van der Waals surface area contributed by atoms with Gasteiger partial charge in [0.1, 0.15) is 5.75 Å². The summed E-state index contributed by atoms with van der Waals surface area (Å²) in [5.74, 6) is -1.86. The van der Waals surface area contributed by atoms with E-state index in [2.05, 4.69) is 38.0 Å². The standard InChI is InChI=1S/C30H36F3IN4O6/c1-2-37(18-16-34)28(42)22-7-11-24(12-8-22)38(29(43)36-23-9-13-25(14-10-23)44-30(31,32)33)19-20-3-5-21(6-4-20)27(41)35-17-15-26(39)40/h3-6,9-10,13-14,22,24H,2,7-8,11-12,15-19H2,1H3,(H,35,41)(H,36,43)(H,39,40). The van der Waals surface area contributed by atoms with Gasteiger partial charge < -0.3 is 30.3 Å². The molecule has 0 bridgehead atoms. The van der Waals surface area contributed by atoms with E-state index in [1.54, 1.807) is 29.2 Å². The molecule has 0 saturated heterocycles. The van der Waals surface area contributed by atoms with Crippen LogP contribution in [0.15, 0.2) is 48.5 Å². The number of rotatable bonds is 13. The number of hydrogen-bond donors (Lipinski definition) is 3. The van der Waals surface area contributed by atoms with E-state index in [0.29, 0.717) is 44.3 Å². The number of carbonyl (C=O) groups is 4. The smallest absolute Gasteiger partial charge is 0.481 e. The van der Waals surface area contributed by atoms with Crippen LogP contribution in [-0.2, 0) is 16.1 Å². The van der Waals surface area contributed by atoms with E-state index in [-0.39, 0.29) is 43.1 Å². The van der Waals surface area contributed by atoms with Gasteiger partial charge in [-0.2, -0.15) is 0 Å². The Morgan fingerprint density at radius 1 is 1.00 bits per heavy atom. The molecule has 0 radical (unpaired) electrons. The van der Waals surface area contributed by atoms with Gasteiger partial charge in [0.25, 0.3) is 5.91 Å². The van der Waals surface area contributed by atoms with Crippen molar-refractivity contribution in [1.82, 2.24) is 15.1 Å². The molecule has 0 aromatic heterocycles. The third kappa shape index (κ3) is 10.9. The summed E-state index contributed by atoms with van der Waals surface area (Å²) in [6.07, 6.45) is -2.62. The van der Waals surface area contributed by atoms with Crippen LogP contribution in [0.2, 0.25) is 0 Å². The van der Waals surface area contributed by atoms with Gasteiger partial charge in [-0.25, -0.2) is 4.79 Å². The average Bonchev–Trinajstić information content (AvgIpc) is 2.98. The number of carbonyl (C=O) groups excluding carboxylic acids is 3. The van der Waals surface area contributed by atoms with Crippen LogP contribution in [0.5, 0.6) is 5.75 Å². The third-order valence-corrected chi connectivity index (χ3v) is 7.81. The van der Waals surface area contributed by atoms with Gasteiger partial charge in [0.2, 0.25) is 5.91 Å². The van der Waals surface area contributed by atoms with Gasteiger partial charge in [0, 0.05) is 53.8 Å². The molecule has 2 aromatic rings. The number of carboxylic acid groups (broad SMARTS) is 1. The fraction of sp³-hybridized carbons (Fsp3) is 0.467. The second kappa shape index (κ2) is 16.5. The highest BCUT2D eigenvalue weighted by Gasteiger charge is 2.34. The fourth-order valence-electron chi connectivity index (χ4n) is 5.06. The molecule has 0 aliphatic heterocycles. The first-order chi connectivity index (χ1) is 20.9. The normalized spacial score (nSPS) is 16.5. The largest absolute Gasteiger partial charge is 0.573 e. The van der Waals surface area contributed by atoms with Crippen molar-refractivity contribution in [3.8, 4) is 5.75 Å². The number of hydrogen-bond acceptors (Lipinski definition) is 5. The number of benzene rings is 2. The van der Waals surface area contributed by atoms with E-state index in [1.807, 2.05) is 11.8 Å². The predicted molar refractivity (Wildman–Crippen MR) is 166 cm³/mol. The Morgan fingerprint density at radius 2 is 1.64 bits per heavy atom. The molecule has 44 heavy (non-hydrogen) atoms. The lowest BCUT2D eigenvalue weighted by molar-refractivity contribution is -0.274.